The molecule has 1 aliphatic rings. The van der Waals surface area contributed by atoms with Gasteiger partial charge in [-0.15, -0.1) is 0 Å². The van der Waals surface area contributed by atoms with Crippen molar-refractivity contribution in [2.75, 3.05) is 4.90 Å². The van der Waals surface area contributed by atoms with Crippen molar-refractivity contribution in [1.82, 2.24) is 19.9 Å². The Morgan fingerprint density at radius 3 is 2.61 bits per heavy atom. The maximum atomic E-state index is 13.5. The maximum absolute atomic E-state index is 13.5. The van der Waals surface area contributed by atoms with Crippen molar-refractivity contribution in [3.05, 3.63) is 49.5 Å². The Kier molecular flexibility index (Phi) is 5.17. The van der Waals surface area contributed by atoms with E-state index in [4.69, 9.17) is 4.52 Å². The van der Waals surface area contributed by atoms with E-state index in [-0.39, 0.29) is 35.8 Å². The molecule has 3 heterocycles. The van der Waals surface area contributed by atoms with E-state index in [1.807, 2.05) is 0 Å². The minimum Gasteiger partial charge on any atom is -0.361 e. The second-order valence-corrected chi connectivity index (χ2v) is 8.48. The molecule has 0 spiro atoms. The molecule has 1 fully saturated rings. The number of hydrogen-bond donors (Lipinski definition) is 0. The summed E-state index contributed by atoms with van der Waals surface area (Å²) in [6, 6.07) is 1.35. The number of anilines is 1. The molecule has 0 atom stereocenters. The van der Waals surface area contributed by atoms with Crippen molar-refractivity contribution in [3.8, 4) is 0 Å². The SMILES string of the molecule is CC(=O)c1sc(N(C(=O)c2noc(C)c2Cn2nc([N+](=O)[O-])cc2C)C2CC2)nc1C. The van der Waals surface area contributed by atoms with Crippen LogP contribution in [0.5, 0.6) is 0 Å². The lowest BCUT2D eigenvalue weighted by molar-refractivity contribution is -0.389. The minimum atomic E-state index is -0.567. The highest BCUT2D eigenvalue weighted by Gasteiger charge is 2.39. The van der Waals surface area contributed by atoms with Gasteiger partial charge in [-0.1, -0.05) is 16.5 Å². The molecule has 0 unspecified atom stereocenters. The second kappa shape index (κ2) is 7.69. The third-order valence-electron chi connectivity index (χ3n) is 5.09. The normalized spacial score (nSPS) is 13.4. The molecule has 0 aliphatic heterocycles. The average Bonchev–Trinajstić information content (AvgIpc) is 3.19. The van der Waals surface area contributed by atoms with Gasteiger partial charge in [0.2, 0.25) is 0 Å². The van der Waals surface area contributed by atoms with Gasteiger partial charge in [0.15, 0.2) is 16.6 Å². The molecule has 11 nitrogen and oxygen atoms in total. The van der Waals surface area contributed by atoms with Crippen LogP contribution in [0.2, 0.25) is 0 Å². The van der Waals surface area contributed by atoms with E-state index in [1.54, 1.807) is 25.7 Å². The predicted octanol–water partition coefficient (Wildman–Crippen LogP) is 3.22. The third-order valence-corrected chi connectivity index (χ3v) is 6.35. The first-order chi connectivity index (χ1) is 14.7. The van der Waals surface area contributed by atoms with Crippen molar-refractivity contribution in [2.45, 2.75) is 53.1 Å². The summed E-state index contributed by atoms with van der Waals surface area (Å²) in [7, 11) is 0. The van der Waals surface area contributed by atoms with Crippen LogP contribution in [0, 0.1) is 30.9 Å². The zero-order valence-electron chi connectivity index (χ0n) is 17.4. The second-order valence-electron chi connectivity index (χ2n) is 7.50. The quantitative estimate of drug-likeness (QED) is 0.308. The molecule has 1 saturated carbocycles. The molecule has 3 aromatic heterocycles. The average molecular weight is 444 g/mol. The van der Waals surface area contributed by atoms with E-state index in [9.17, 15) is 19.7 Å². The number of ketones is 1. The highest BCUT2D eigenvalue weighted by molar-refractivity contribution is 7.17. The van der Waals surface area contributed by atoms with Gasteiger partial charge in [-0.2, -0.15) is 4.68 Å². The molecule has 0 N–H and O–H groups in total. The molecule has 1 aliphatic carbocycles. The Labute approximate surface area is 180 Å². The van der Waals surface area contributed by atoms with Crippen molar-refractivity contribution in [2.24, 2.45) is 0 Å². The van der Waals surface area contributed by atoms with Crippen LogP contribution in [0.4, 0.5) is 10.9 Å². The molecule has 0 radical (unpaired) electrons. The van der Waals surface area contributed by atoms with E-state index in [2.05, 4.69) is 15.2 Å². The molecule has 0 saturated heterocycles. The first kappa shape index (κ1) is 20.8. The number of nitro groups is 1. The lowest BCUT2D eigenvalue weighted by Crippen LogP contribution is -2.34. The Morgan fingerprint density at radius 1 is 1.35 bits per heavy atom. The molecular formula is C19H20N6O5S. The van der Waals surface area contributed by atoms with Gasteiger partial charge < -0.3 is 14.6 Å². The summed E-state index contributed by atoms with van der Waals surface area (Å²) >= 11 is 1.19. The highest BCUT2D eigenvalue weighted by atomic mass is 32.1. The molecule has 12 heteroatoms. The summed E-state index contributed by atoms with van der Waals surface area (Å²) in [5, 5.41) is 19.4. The summed E-state index contributed by atoms with van der Waals surface area (Å²) in [6.45, 7) is 6.69. The molecule has 0 aromatic carbocycles. The van der Waals surface area contributed by atoms with Gasteiger partial charge in [-0.25, -0.2) is 4.98 Å². The van der Waals surface area contributed by atoms with Gasteiger partial charge in [0, 0.05) is 13.0 Å². The van der Waals surface area contributed by atoms with Crippen LogP contribution in [0.3, 0.4) is 0 Å². The fourth-order valence-electron chi connectivity index (χ4n) is 3.30. The summed E-state index contributed by atoms with van der Waals surface area (Å²) in [6.07, 6.45) is 1.66. The maximum Gasteiger partial charge on any atom is 0.390 e. The first-order valence-electron chi connectivity index (χ1n) is 9.63. The standard InChI is InChI=1S/C19H20N6O5S/c1-9-7-15(25(28)29)21-23(9)8-14-12(4)30-22-16(14)18(27)24(13-5-6-13)19-20-10(2)17(31-19)11(3)26/h7,13H,5-6,8H2,1-4H3. The van der Waals surface area contributed by atoms with Crippen LogP contribution in [-0.2, 0) is 6.54 Å². The number of hydrogen-bond acceptors (Lipinski definition) is 9. The van der Waals surface area contributed by atoms with Crippen LogP contribution in [-0.4, -0.2) is 42.6 Å². The van der Waals surface area contributed by atoms with Crippen molar-refractivity contribution >= 4 is 34.0 Å². The minimum absolute atomic E-state index is 0.0183. The molecular weight excluding hydrogens is 424 g/mol. The topological polar surface area (TPSA) is 137 Å². The summed E-state index contributed by atoms with van der Waals surface area (Å²) < 4.78 is 6.73. The smallest absolute Gasteiger partial charge is 0.361 e. The van der Waals surface area contributed by atoms with Gasteiger partial charge in [-0.3, -0.25) is 14.5 Å². The number of carbonyl (C=O) groups is 2. The highest BCUT2D eigenvalue weighted by Crippen LogP contribution is 2.37. The summed E-state index contributed by atoms with van der Waals surface area (Å²) in [5.74, 6) is -0.318. The van der Waals surface area contributed by atoms with Crippen LogP contribution < -0.4 is 4.90 Å². The van der Waals surface area contributed by atoms with Crippen molar-refractivity contribution in [1.29, 1.82) is 0 Å². The molecule has 3 aromatic rings. The van der Waals surface area contributed by atoms with Gasteiger partial charge in [0.05, 0.1) is 39.5 Å². The Bertz CT molecular complexity index is 1200. The zero-order valence-corrected chi connectivity index (χ0v) is 18.2. The number of aryl methyl sites for hydroxylation is 3. The van der Waals surface area contributed by atoms with E-state index in [1.165, 1.54) is 29.0 Å². The van der Waals surface area contributed by atoms with Crippen LogP contribution >= 0.6 is 11.3 Å². The number of aromatic nitrogens is 4. The summed E-state index contributed by atoms with van der Waals surface area (Å²) in [5.41, 5.74) is 1.77. The number of nitrogens with zero attached hydrogens (tertiary/aromatic N) is 6. The van der Waals surface area contributed by atoms with E-state index < -0.39 is 4.92 Å². The van der Waals surface area contributed by atoms with Gasteiger partial charge in [0.1, 0.15) is 5.76 Å². The molecule has 4 rings (SSSR count). The number of thiazole rings is 1. The van der Waals surface area contributed by atoms with E-state index >= 15 is 0 Å². The Morgan fingerprint density at radius 2 is 2.06 bits per heavy atom. The zero-order chi connectivity index (χ0) is 22.4. The van der Waals surface area contributed by atoms with Crippen LogP contribution in [0.25, 0.3) is 0 Å². The summed E-state index contributed by atoms with van der Waals surface area (Å²) in [4.78, 5) is 42.3. The van der Waals surface area contributed by atoms with Crippen LogP contribution in [0.1, 0.15) is 62.6 Å². The number of carbonyl (C=O) groups excluding carboxylic acids is 2. The molecule has 1 amide bonds. The lowest BCUT2D eigenvalue weighted by Gasteiger charge is -2.18. The molecule has 0 bridgehead atoms. The number of amides is 1. The number of Topliss-reactive ketones (excluding diaryl/α,β-unsaturated/α-hetero) is 1. The lowest BCUT2D eigenvalue weighted by atomic mass is 10.1. The molecule has 162 valence electrons. The largest absolute Gasteiger partial charge is 0.390 e. The van der Waals surface area contributed by atoms with Gasteiger partial charge >= 0.3 is 5.82 Å². The van der Waals surface area contributed by atoms with E-state index in [0.717, 1.165) is 12.8 Å². The van der Waals surface area contributed by atoms with Crippen LogP contribution in [0.15, 0.2) is 10.6 Å². The monoisotopic (exact) mass is 444 g/mol. The fourth-order valence-corrected chi connectivity index (χ4v) is 4.34. The van der Waals surface area contributed by atoms with Crippen molar-refractivity contribution in [3.63, 3.8) is 0 Å². The first-order valence-corrected chi connectivity index (χ1v) is 10.4. The Hall–Kier alpha value is -3.41. The van der Waals surface area contributed by atoms with Gasteiger partial charge in [0.25, 0.3) is 5.91 Å². The molecule has 31 heavy (non-hydrogen) atoms. The van der Waals surface area contributed by atoms with Crippen molar-refractivity contribution < 1.29 is 19.0 Å². The third kappa shape index (κ3) is 3.85. The fraction of sp³-hybridized carbons (Fsp3) is 0.421. The van der Waals surface area contributed by atoms with Gasteiger partial charge in [-0.05, 0) is 38.5 Å². The predicted molar refractivity (Wildman–Crippen MR) is 111 cm³/mol. The Balaban J connectivity index is 1.69. The number of rotatable bonds is 7. The van der Waals surface area contributed by atoms with E-state index in [0.29, 0.717) is 32.7 Å².